The van der Waals surface area contributed by atoms with Gasteiger partial charge in [-0.1, -0.05) is 25.9 Å². The number of hydrogen-bond donors (Lipinski definition) is 0. The zero-order valence-electron chi connectivity index (χ0n) is 14.7. The van der Waals surface area contributed by atoms with Gasteiger partial charge in [-0.2, -0.15) is 4.91 Å². The molecule has 6 unspecified atom stereocenters. The summed E-state index contributed by atoms with van der Waals surface area (Å²) in [5.41, 5.74) is 1.14. The van der Waals surface area contributed by atoms with E-state index in [-0.39, 0.29) is 6.04 Å². The fourth-order valence-electron chi connectivity index (χ4n) is 7.59. The van der Waals surface area contributed by atoms with Crippen molar-refractivity contribution >= 4 is 0 Å². The van der Waals surface area contributed by atoms with E-state index in [1.165, 1.54) is 44.9 Å². The molecule has 22 heavy (non-hydrogen) atoms. The van der Waals surface area contributed by atoms with Gasteiger partial charge < -0.3 is 0 Å². The third kappa shape index (κ3) is 1.91. The van der Waals surface area contributed by atoms with E-state index in [0.29, 0.717) is 10.8 Å². The van der Waals surface area contributed by atoms with E-state index in [1.807, 2.05) is 0 Å². The minimum absolute atomic E-state index is 0.120. The van der Waals surface area contributed by atoms with Crippen LogP contribution in [-0.2, 0) is 0 Å². The maximum Gasteiger partial charge on any atom is 0.0922 e. The molecule has 0 aromatic carbocycles. The van der Waals surface area contributed by atoms with Gasteiger partial charge in [0.2, 0.25) is 0 Å². The van der Waals surface area contributed by atoms with Gasteiger partial charge in [0.05, 0.1) is 6.04 Å². The van der Waals surface area contributed by atoms with Crippen LogP contribution in [0.2, 0.25) is 0 Å². The molecule has 4 aliphatic rings. The SMILES string of the molecule is CC1CCC2[C@H]3CCC4CC(N=O)CCC4(C)C3CC[C@]12C. The maximum absolute atomic E-state index is 11.0. The van der Waals surface area contributed by atoms with Gasteiger partial charge in [0.15, 0.2) is 0 Å². The lowest BCUT2D eigenvalue weighted by molar-refractivity contribution is -0.111. The van der Waals surface area contributed by atoms with Crippen molar-refractivity contribution in [2.75, 3.05) is 0 Å². The molecule has 0 bridgehead atoms. The first kappa shape index (κ1) is 15.1. The zero-order chi connectivity index (χ0) is 15.5. The van der Waals surface area contributed by atoms with Gasteiger partial charge in [-0.05, 0) is 98.2 Å². The van der Waals surface area contributed by atoms with Crippen LogP contribution in [0.15, 0.2) is 5.18 Å². The molecule has 4 rings (SSSR count). The molecule has 0 N–H and O–H groups in total. The quantitative estimate of drug-likeness (QED) is 0.563. The minimum Gasteiger partial charge on any atom is -0.151 e. The number of fused-ring (bicyclic) bond motifs is 5. The molecule has 0 aromatic heterocycles. The molecule has 124 valence electrons. The predicted octanol–water partition coefficient (Wildman–Crippen LogP) is 5.80. The van der Waals surface area contributed by atoms with Crippen molar-refractivity contribution < 1.29 is 0 Å². The highest BCUT2D eigenvalue weighted by atomic mass is 16.3. The Balaban J connectivity index is 1.60. The van der Waals surface area contributed by atoms with Crippen LogP contribution < -0.4 is 0 Å². The van der Waals surface area contributed by atoms with Crippen molar-refractivity contribution in [2.24, 2.45) is 45.6 Å². The van der Waals surface area contributed by atoms with Gasteiger partial charge in [0.25, 0.3) is 0 Å². The average molecular weight is 303 g/mol. The van der Waals surface area contributed by atoms with E-state index in [9.17, 15) is 4.91 Å². The lowest BCUT2D eigenvalue weighted by Gasteiger charge is -2.60. The monoisotopic (exact) mass is 303 g/mol. The summed E-state index contributed by atoms with van der Waals surface area (Å²) in [5.74, 6) is 4.60. The molecular formula is C20H33NO. The van der Waals surface area contributed by atoms with E-state index in [2.05, 4.69) is 25.9 Å². The van der Waals surface area contributed by atoms with Crippen molar-refractivity contribution in [3.63, 3.8) is 0 Å². The average Bonchev–Trinajstić information content (AvgIpc) is 2.82. The van der Waals surface area contributed by atoms with Crippen LogP contribution in [0.4, 0.5) is 0 Å². The van der Waals surface area contributed by atoms with Gasteiger partial charge in [-0.3, -0.25) is 0 Å². The molecule has 4 fully saturated rings. The second kappa shape index (κ2) is 5.05. The van der Waals surface area contributed by atoms with Gasteiger partial charge in [-0.15, -0.1) is 0 Å². The molecule has 0 saturated heterocycles. The highest BCUT2D eigenvalue weighted by molar-refractivity contribution is 5.09. The molecule has 0 heterocycles. The number of nitroso groups, excluding NO2 is 1. The third-order valence-electron chi connectivity index (χ3n) is 9.26. The van der Waals surface area contributed by atoms with E-state index in [1.54, 1.807) is 0 Å². The van der Waals surface area contributed by atoms with Gasteiger partial charge in [-0.25, -0.2) is 0 Å². The summed E-state index contributed by atoms with van der Waals surface area (Å²) in [7, 11) is 0. The highest BCUT2D eigenvalue weighted by Crippen LogP contribution is 2.67. The molecule has 4 aliphatic carbocycles. The Bertz CT molecular complexity index is 463. The Kier molecular flexibility index (Phi) is 3.47. The predicted molar refractivity (Wildman–Crippen MR) is 90.5 cm³/mol. The summed E-state index contributed by atoms with van der Waals surface area (Å²) in [6.07, 6.45) is 12.0. The van der Waals surface area contributed by atoms with Gasteiger partial charge >= 0.3 is 0 Å². The van der Waals surface area contributed by atoms with Crippen molar-refractivity contribution in [2.45, 2.75) is 84.6 Å². The fourth-order valence-corrected chi connectivity index (χ4v) is 7.59. The zero-order valence-corrected chi connectivity index (χ0v) is 14.7. The lowest BCUT2D eigenvalue weighted by atomic mass is 9.44. The van der Waals surface area contributed by atoms with Crippen LogP contribution in [0.1, 0.15) is 78.6 Å². The van der Waals surface area contributed by atoms with Gasteiger partial charge in [0.1, 0.15) is 0 Å². The molecule has 0 amide bonds. The third-order valence-corrected chi connectivity index (χ3v) is 9.26. The van der Waals surface area contributed by atoms with Crippen LogP contribution in [0, 0.1) is 45.3 Å². The fraction of sp³-hybridized carbons (Fsp3) is 1.00. The number of rotatable bonds is 1. The molecule has 0 radical (unpaired) electrons. The van der Waals surface area contributed by atoms with E-state index in [0.717, 1.165) is 42.4 Å². The van der Waals surface area contributed by atoms with E-state index in [4.69, 9.17) is 0 Å². The van der Waals surface area contributed by atoms with E-state index >= 15 is 0 Å². The standard InChI is InChI=1S/C20H33NO/c1-13-4-7-17-16-6-5-14-12-15(21-22)8-10-20(14,3)18(16)9-11-19(13,17)2/h13-18H,4-12H2,1-3H3/t13?,14?,15?,16-,17?,18?,19-,20?/m1/s1. The normalized spacial score (nSPS) is 57.6. The Morgan fingerprint density at radius 3 is 2.36 bits per heavy atom. The molecule has 2 heteroatoms. The summed E-state index contributed by atoms with van der Waals surface area (Å²) in [6.45, 7) is 7.69. The summed E-state index contributed by atoms with van der Waals surface area (Å²) in [5, 5.41) is 3.40. The Hall–Kier alpha value is -0.400. The van der Waals surface area contributed by atoms with Crippen LogP contribution in [0.3, 0.4) is 0 Å². The van der Waals surface area contributed by atoms with Crippen molar-refractivity contribution in [1.29, 1.82) is 0 Å². The minimum atomic E-state index is 0.120. The lowest BCUT2D eigenvalue weighted by Crippen LogP contribution is -2.53. The van der Waals surface area contributed by atoms with E-state index < -0.39 is 0 Å². The maximum atomic E-state index is 11.0. The largest absolute Gasteiger partial charge is 0.151 e. The smallest absolute Gasteiger partial charge is 0.0922 e. The summed E-state index contributed by atoms with van der Waals surface area (Å²) < 4.78 is 0. The summed E-state index contributed by atoms with van der Waals surface area (Å²) in [6, 6.07) is 0.120. The Labute approximate surface area is 135 Å². The second-order valence-electron chi connectivity index (χ2n) is 9.71. The molecule has 4 saturated carbocycles. The molecule has 0 aliphatic heterocycles. The first-order valence-corrected chi connectivity index (χ1v) is 9.81. The van der Waals surface area contributed by atoms with Crippen LogP contribution in [-0.4, -0.2) is 6.04 Å². The molecule has 2 nitrogen and oxygen atoms in total. The molecule has 0 spiro atoms. The topological polar surface area (TPSA) is 29.4 Å². The van der Waals surface area contributed by atoms with Crippen molar-refractivity contribution in [3.8, 4) is 0 Å². The van der Waals surface area contributed by atoms with Crippen molar-refractivity contribution in [3.05, 3.63) is 4.91 Å². The number of hydrogen-bond acceptors (Lipinski definition) is 2. The van der Waals surface area contributed by atoms with Crippen LogP contribution >= 0.6 is 0 Å². The molecular weight excluding hydrogens is 270 g/mol. The Morgan fingerprint density at radius 1 is 0.864 bits per heavy atom. The number of nitrogens with zero attached hydrogens (tertiary/aromatic N) is 1. The van der Waals surface area contributed by atoms with Crippen LogP contribution in [0.5, 0.6) is 0 Å². The first-order valence-electron chi connectivity index (χ1n) is 9.81. The Morgan fingerprint density at radius 2 is 1.59 bits per heavy atom. The first-order chi connectivity index (χ1) is 10.5. The second-order valence-corrected chi connectivity index (χ2v) is 9.71. The molecule has 0 aromatic rings. The van der Waals surface area contributed by atoms with Crippen LogP contribution in [0.25, 0.3) is 0 Å². The summed E-state index contributed by atoms with van der Waals surface area (Å²) >= 11 is 0. The van der Waals surface area contributed by atoms with Crippen molar-refractivity contribution in [1.82, 2.24) is 0 Å². The van der Waals surface area contributed by atoms with Gasteiger partial charge in [0, 0.05) is 0 Å². The molecule has 8 atom stereocenters. The summed E-state index contributed by atoms with van der Waals surface area (Å²) in [4.78, 5) is 11.0. The highest BCUT2D eigenvalue weighted by Gasteiger charge is 2.59.